The highest BCUT2D eigenvalue weighted by molar-refractivity contribution is 5.90. The Morgan fingerprint density at radius 1 is 1.10 bits per heavy atom. The highest BCUT2D eigenvalue weighted by Crippen LogP contribution is 2.31. The van der Waals surface area contributed by atoms with Gasteiger partial charge >= 0.3 is 5.97 Å². The van der Waals surface area contributed by atoms with Crippen LogP contribution >= 0.6 is 0 Å². The Hall–Kier alpha value is -3.33. The van der Waals surface area contributed by atoms with Crippen molar-refractivity contribution in [1.29, 1.82) is 0 Å². The third kappa shape index (κ3) is 6.35. The van der Waals surface area contributed by atoms with Crippen molar-refractivity contribution in [3.05, 3.63) is 36.4 Å². The Labute approximate surface area is 169 Å². The standard InChI is InChI=1S/C20H26N6O3/c1-12(2)13(3)20(28)29-16-7-5-4-6-14(16)25-26-15-8-9-17(24-19(15)22)23-18(27)10-11-21/h4-9,12-13H,10-11,21H2,1-3H3,(H3,22,23,24,27)/b26-25+/t13-/m0/s1. The number of nitrogens with two attached hydrogens (primary N) is 2. The molecule has 5 N–H and O–H groups in total. The number of carbonyl (C=O) groups is 2. The molecule has 9 heteroatoms. The van der Waals surface area contributed by atoms with Crippen LogP contribution in [0.25, 0.3) is 0 Å². The first-order valence-electron chi connectivity index (χ1n) is 9.30. The minimum Gasteiger partial charge on any atom is -0.424 e. The number of anilines is 2. The highest BCUT2D eigenvalue weighted by Gasteiger charge is 2.20. The molecule has 1 amide bonds. The van der Waals surface area contributed by atoms with E-state index in [-0.39, 0.29) is 42.5 Å². The number of nitrogens with zero attached hydrogens (tertiary/aromatic N) is 3. The molecule has 0 bridgehead atoms. The van der Waals surface area contributed by atoms with E-state index in [2.05, 4.69) is 20.5 Å². The van der Waals surface area contributed by atoms with Crippen molar-refractivity contribution in [1.82, 2.24) is 4.98 Å². The quantitative estimate of drug-likeness (QED) is 0.352. The van der Waals surface area contributed by atoms with Crippen molar-refractivity contribution in [2.45, 2.75) is 27.2 Å². The Morgan fingerprint density at radius 2 is 1.79 bits per heavy atom. The highest BCUT2D eigenvalue weighted by atomic mass is 16.5. The van der Waals surface area contributed by atoms with Gasteiger partial charge < -0.3 is 21.5 Å². The summed E-state index contributed by atoms with van der Waals surface area (Å²) in [6.45, 7) is 5.97. The zero-order valence-electron chi connectivity index (χ0n) is 16.8. The van der Waals surface area contributed by atoms with Crippen molar-refractivity contribution in [3.63, 3.8) is 0 Å². The van der Waals surface area contributed by atoms with Crippen molar-refractivity contribution in [2.75, 3.05) is 17.6 Å². The number of carbonyl (C=O) groups excluding carboxylic acids is 2. The summed E-state index contributed by atoms with van der Waals surface area (Å²) in [5.74, 6) is 0.0412. The summed E-state index contributed by atoms with van der Waals surface area (Å²) >= 11 is 0. The number of hydrogen-bond donors (Lipinski definition) is 3. The van der Waals surface area contributed by atoms with E-state index < -0.39 is 0 Å². The van der Waals surface area contributed by atoms with E-state index in [1.54, 1.807) is 36.4 Å². The van der Waals surface area contributed by atoms with Crippen LogP contribution in [0.1, 0.15) is 27.2 Å². The SMILES string of the molecule is CC(C)[C@H](C)C(=O)Oc1ccccc1/N=N/c1ccc(NC(=O)CCN)nc1N. The number of pyridine rings is 1. The number of esters is 1. The van der Waals surface area contributed by atoms with Gasteiger partial charge in [0.2, 0.25) is 5.91 Å². The van der Waals surface area contributed by atoms with Crippen LogP contribution in [0.2, 0.25) is 0 Å². The lowest BCUT2D eigenvalue weighted by molar-refractivity contribution is -0.139. The molecule has 0 fully saturated rings. The van der Waals surface area contributed by atoms with Crippen LogP contribution in [0.15, 0.2) is 46.6 Å². The topological polar surface area (TPSA) is 145 Å². The molecule has 1 aromatic heterocycles. The van der Waals surface area contributed by atoms with Crippen LogP contribution in [-0.2, 0) is 9.59 Å². The minimum absolute atomic E-state index is 0.0993. The van der Waals surface area contributed by atoms with Gasteiger partial charge in [0.15, 0.2) is 11.6 Å². The van der Waals surface area contributed by atoms with Gasteiger partial charge in [0.25, 0.3) is 0 Å². The van der Waals surface area contributed by atoms with Gasteiger partial charge in [0.05, 0.1) is 5.92 Å². The summed E-state index contributed by atoms with van der Waals surface area (Å²) in [6.07, 6.45) is 0.188. The van der Waals surface area contributed by atoms with E-state index in [9.17, 15) is 9.59 Å². The van der Waals surface area contributed by atoms with Gasteiger partial charge in [-0.3, -0.25) is 9.59 Å². The number of amides is 1. The molecule has 0 spiro atoms. The van der Waals surface area contributed by atoms with Crippen LogP contribution in [0.3, 0.4) is 0 Å². The molecule has 0 radical (unpaired) electrons. The molecule has 0 saturated carbocycles. The zero-order valence-corrected chi connectivity index (χ0v) is 16.8. The van der Waals surface area contributed by atoms with Gasteiger partial charge in [-0.15, -0.1) is 10.2 Å². The molecule has 0 aliphatic carbocycles. The van der Waals surface area contributed by atoms with Crippen LogP contribution in [0.5, 0.6) is 5.75 Å². The molecule has 29 heavy (non-hydrogen) atoms. The van der Waals surface area contributed by atoms with Gasteiger partial charge in [-0.25, -0.2) is 4.98 Å². The summed E-state index contributed by atoms with van der Waals surface area (Å²) in [5, 5.41) is 10.8. The molecule has 1 heterocycles. The third-order valence-corrected chi connectivity index (χ3v) is 4.25. The van der Waals surface area contributed by atoms with E-state index in [4.69, 9.17) is 16.2 Å². The van der Waals surface area contributed by atoms with Crippen LogP contribution in [0.4, 0.5) is 23.0 Å². The van der Waals surface area contributed by atoms with Gasteiger partial charge in [-0.05, 0) is 30.2 Å². The first-order chi connectivity index (χ1) is 13.8. The summed E-state index contributed by atoms with van der Waals surface area (Å²) in [4.78, 5) is 27.9. The van der Waals surface area contributed by atoms with E-state index in [0.29, 0.717) is 22.9 Å². The predicted octanol–water partition coefficient (Wildman–Crippen LogP) is 3.56. The number of nitrogens with one attached hydrogen (secondary N) is 1. The fourth-order valence-corrected chi connectivity index (χ4v) is 2.17. The second kappa shape index (κ2) is 10.3. The first-order valence-corrected chi connectivity index (χ1v) is 9.30. The average molecular weight is 398 g/mol. The largest absolute Gasteiger partial charge is 0.424 e. The van der Waals surface area contributed by atoms with Crippen molar-refractivity contribution >= 4 is 34.9 Å². The fourth-order valence-electron chi connectivity index (χ4n) is 2.17. The molecule has 154 valence electrons. The van der Waals surface area contributed by atoms with Crippen molar-refractivity contribution in [2.24, 2.45) is 27.8 Å². The Bertz CT molecular complexity index is 898. The maximum atomic E-state index is 12.2. The number of rotatable bonds is 8. The minimum atomic E-state index is -0.332. The number of hydrogen-bond acceptors (Lipinski definition) is 8. The molecule has 0 unspecified atom stereocenters. The Balaban J connectivity index is 2.16. The third-order valence-electron chi connectivity index (χ3n) is 4.25. The molecular formula is C20H26N6O3. The number of para-hydroxylation sites is 1. The molecule has 0 aliphatic rings. The monoisotopic (exact) mass is 398 g/mol. The van der Waals surface area contributed by atoms with Gasteiger partial charge in [-0.1, -0.05) is 32.9 Å². The van der Waals surface area contributed by atoms with E-state index in [1.165, 1.54) is 0 Å². The molecular weight excluding hydrogens is 372 g/mol. The van der Waals surface area contributed by atoms with E-state index >= 15 is 0 Å². The van der Waals surface area contributed by atoms with Crippen LogP contribution in [-0.4, -0.2) is 23.4 Å². The lowest BCUT2D eigenvalue weighted by atomic mass is 9.99. The normalized spacial score (nSPS) is 12.2. The fraction of sp³-hybridized carbons (Fsp3) is 0.350. The zero-order chi connectivity index (χ0) is 21.4. The number of ether oxygens (including phenoxy) is 1. The average Bonchev–Trinajstić information content (AvgIpc) is 2.67. The van der Waals surface area contributed by atoms with Crippen molar-refractivity contribution < 1.29 is 14.3 Å². The summed E-state index contributed by atoms with van der Waals surface area (Å²) in [7, 11) is 0. The molecule has 2 aromatic rings. The molecule has 0 saturated heterocycles. The Morgan fingerprint density at radius 3 is 2.45 bits per heavy atom. The molecule has 0 aliphatic heterocycles. The number of aromatic nitrogens is 1. The Kier molecular flexibility index (Phi) is 7.79. The van der Waals surface area contributed by atoms with Crippen LogP contribution in [0, 0.1) is 11.8 Å². The summed E-state index contributed by atoms with van der Waals surface area (Å²) in [5.41, 5.74) is 11.9. The number of azo groups is 1. The smallest absolute Gasteiger partial charge is 0.314 e. The number of benzene rings is 1. The lowest BCUT2D eigenvalue weighted by Crippen LogP contribution is -2.22. The van der Waals surface area contributed by atoms with E-state index in [0.717, 1.165) is 0 Å². The lowest BCUT2D eigenvalue weighted by Gasteiger charge is -2.14. The second-order valence-electron chi connectivity index (χ2n) is 6.81. The van der Waals surface area contributed by atoms with Crippen LogP contribution < -0.4 is 21.5 Å². The molecule has 1 aromatic carbocycles. The van der Waals surface area contributed by atoms with Gasteiger partial charge in [0, 0.05) is 13.0 Å². The first kappa shape index (κ1) is 22.0. The number of nitrogen functional groups attached to an aromatic ring is 1. The van der Waals surface area contributed by atoms with Gasteiger partial charge in [0.1, 0.15) is 17.2 Å². The summed E-state index contributed by atoms with van der Waals surface area (Å²) in [6, 6.07) is 9.98. The maximum Gasteiger partial charge on any atom is 0.314 e. The van der Waals surface area contributed by atoms with Gasteiger partial charge in [-0.2, -0.15) is 0 Å². The molecule has 1 atom stereocenters. The molecule has 9 nitrogen and oxygen atoms in total. The van der Waals surface area contributed by atoms with Crippen molar-refractivity contribution in [3.8, 4) is 5.75 Å². The van der Waals surface area contributed by atoms with E-state index in [1.807, 2.05) is 20.8 Å². The summed E-state index contributed by atoms with van der Waals surface area (Å²) < 4.78 is 5.48. The maximum absolute atomic E-state index is 12.2. The molecule has 2 rings (SSSR count). The predicted molar refractivity (Wildman–Crippen MR) is 111 cm³/mol. The second-order valence-corrected chi connectivity index (χ2v) is 6.81.